The Morgan fingerprint density at radius 1 is 1.35 bits per heavy atom. The van der Waals surface area contributed by atoms with Crippen LogP contribution in [0.1, 0.15) is 23.7 Å². The van der Waals surface area contributed by atoms with Gasteiger partial charge in [-0.2, -0.15) is 0 Å². The number of para-hydroxylation sites is 1. The van der Waals surface area contributed by atoms with E-state index in [1.165, 1.54) is 0 Å². The average Bonchev–Trinajstić information content (AvgIpc) is 2.93. The zero-order valence-electron chi connectivity index (χ0n) is 11.1. The van der Waals surface area contributed by atoms with Crippen LogP contribution in [0.5, 0.6) is 0 Å². The van der Waals surface area contributed by atoms with Gasteiger partial charge in [-0.1, -0.05) is 12.1 Å². The van der Waals surface area contributed by atoms with Crippen LogP contribution in [0.15, 0.2) is 30.5 Å². The Kier molecular flexibility index (Phi) is 2.86. The van der Waals surface area contributed by atoms with Crippen LogP contribution in [-0.2, 0) is 9.84 Å². The molecule has 6 heteroatoms. The van der Waals surface area contributed by atoms with E-state index in [4.69, 9.17) is 0 Å². The predicted molar refractivity (Wildman–Crippen MR) is 77.4 cm³/mol. The second-order valence-electron chi connectivity index (χ2n) is 5.60. The van der Waals surface area contributed by atoms with Crippen molar-refractivity contribution < 1.29 is 13.2 Å². The molecule has 1 unspecified atom stereocenters. The molecular weight excluding hydrogens is 276 g/mol. The lowest BCUT2D eigenvalue weighted by Crippen LogP contribution is -2.47. The van der Waals surface area contributed by atoms with Gasteiger partial charge >= 0.3 is 0 Å². The molecule has 106 valence electrons. The molecular formula is C14H16N2O3S. The monoisotopic (exact) mass is 292 g/mol. The summed E-state index contributed by atoms with van der Waals surface area (Å²) in [6, 6.07) is 7.37. The van der Waals surface area contributed by atoms with E-state index >= 15 is 0 Å². The summed E-state index contributed by atoms with van der Waals surface area (Å²) in [4.78, 5) is 15.4. The molecule has 0 spiro atoms. The Morgan fingerprint density at radius 2 is 2.15 bits per heavy atom. The first kappa shape index (κ1) is 13.2. The summed E-state index contributed by atoms with van der Waals surface area (Å²) in [7, 11) is -3.04. The minimum Gasteiger partial charge on any atom is -0.361 e. The molecule has 1 aliphatic heterocycles. The van der Waals surface area contributed by atoms with E-state index in [9.17, 15) is 13.2 Å². The van der Waals surface area contributed by atoms with Crippen molar-refractivity contribution in [1.29, 1.82) is 0 Å². The van der Waals surface area contributed by atoms with Crippen LogP contribution in [0.25, 0.3) is 10.9 Å². The lowest BCUT2D eigenvalue weighted by molar-refractivity contribution is 0.0917. The molecule has 0 radical (unpaired) electrons. The lowest BCUT2D eigenvalue weighted by Gasteiger charge is -2.24. The lowest BCUT2D eigenvalue weighted by atomic mass is 10.0. The molecule has 1 aromatic heterocycles. The number of hydrogen-bond donors (Lipinski definition) is 2. The van der Waals surface area contributed by atoms with Crippen LogP contribution < -0.4 is 5.32 Å². The van der Waals surface area contributed by atoms with Gasteiger partial charge in [-0.3, -0.25) is 4.79 Å². The minimum atomic E-state index is -3.04. The number of carbonyl (C=O) groups excluding carboxylic acids is 1. The third kappa shape index (κ3) is 2.31. The summed E-state index contributed by atoms with van der Waals surface area (Å²) in [5.41, 5.74) is 0.637. The second kappa shape index (κ2) is 4.34. The summed E-state index contributed by atoms with van der Waals surface area (Å²) < 4.78 is 23.2. The van der Waals surface area contributed by atoms with Crippen molar-refractivity contribution >= 4 is 26.6 Å². The van der Waals surface area contributed by atoms with Gasteiger partial charge in [-0.25, -0.2) is 8.42 Å². The number of amides is 1. The highest BCUT2D eigenvalue weighted by Gasteiger charge is 2.39. The van der Waals surface area contributed by atoms with E-state index < -0.39 is 15.4 Å². The molecule has 20 heavy (non-hydrogen) atoms. The van der Waals surface area contributed by atoms with Gasteiger partial charge in [0.2, 0.25) is 0 Å². The zero-order valence-corrected chi connectivity index (χ0v) is 12.0. The number of nitrogens with one attached hydrogen (secondary N) is 2. The van der Waals surface area contributed by atoms with Gasteiger partial charge in [0.05, 0.1) is 28.1 Å². The molecule has 1 saturated heterocycles. The van der Waals surface area contributed by atoms with Crippen molar-refractivity contribution in [3.63, 3.8) is 0 Å². The van der Waals surface area contributed by atoms with Gasteiger partial charge in [-0.05, 0) is 25.5 Å². The van der Waals surface area contributed by atoms with Crippen LogP contribution in [0.2, 0.25) is 0 Å². The molecule has 0 saturated carbocycles. The highest BCUT2D eigenvalue weighted by atomic mass is 32.2. The van der Waals surface area contributed by atoms with Gasteiger partial charge < -0.3 is 10.3 Å². The van der Waals surface area contributed by atoms with Crippen LogP contribution >= 0.6 is 0 Å². The Labute approximate surface area is 117 Å². The van der Waals surface area contributed by atoms with Crippen LogP contribution in [-0.4, -0.2) is 36.4 Å². The number of sulfone groups is 1. The number of carbonyl (C=O) groups is 1. The molecule has 1 fully saturated rings. The largest absolute Gasteiger partial charge is 0.361 e. The van der Waals surface area contributed by atoms with Gasteiger partial charge in [0.1, 0.15) is 0 Å². The quantitative estimate of drug-likeness (QED) is 0.880. The predicted octanol–water partition coefficient (Wildman–Crippen LogP) is 1.47. The molecule has 0 bridgehead atoms. The Hall–Kier alpha value is -1.82. The van der Waals surface area contributed by atoms with Gasteiger partial charge in [0.15, 0.2) is 9.84 Å². The minimum absolute atomic E-state index is 0.00639. The van der Waals surface area contributed by atoms with Gasteiger partial charge in [0.25, 0.3) is 5.91 Å². The second-order valence-corrected chi connectivity index (χ2v) is 7.79. The van der Waals surface area contributed by atoms with E-state index in [1.807, 2.05) is 18.2 Å². The Balaban J connectivity index is 1.89. The topological polar surface area (TPSA) is 79.0 Å². The fraction of sp³-hybridized carbons (Fsp3) is 0.357. The molecule has 2 N–H and O–H groups in total. The molecule has 5 nitrogen and oxygen atoms in total. The highest BCUT2D eigenvalue weighted by Crippen LogP contribution is 2.24. The van der Waals surface area contributed by atoms with Gasteiger partial charge in [0, 0.05) is 11.6 Å². The molecule has 3 rings (SSSR count). The normalized spacial score (nSPS) is 24.9. The SMILES string of the molecule is CC1(NC(=O)c2cccc3cc[nH]c23)CCS(=O)(=O)C1. The number of aromatic amines is 1. The molecule has 1 amide bonds. The molecule has 1 atom stereocenters. The number of hydrogen-bond acceptors (Lipinski definition) is 3. The summed E-state index contributed by atoms with van der Waals surface area (Å²) >= 11 is 0. The van der Waals surface area contributed by atoms with E-state index in [2.05, 4.69) is 10.3 Å². The maximum Gasteiger partial charge on any atom is 0.253 e. The van der Waals surface area contributed by atoms with Crippen molar-refractivity contribution in [3.05, 3.63) is 36.0 Å². The molecule has 0 aliphatic carbocycles. The van der Waals surface area contributed by atoms with E-state index in [0.29, 0.717) is 12.0 Å². The zero-order chi connectivity index (χ0) is 14.4. The number of benzene rings is 1. The van der Waals surface area contributed by atoms with Crippen molar-refractivity contribution in [2.75, 3.05) is 11.5 Å². The number of fused-ring (bicyclic) bond motifs is 1. The highest BCUT2D eigenvalue weighted by molar-refractivity contribution is 7.91. The first-order valence-corrected chi connectivity index (χ1v) is 8.30. The van der Waals surface area contributed by atoms with Crippen LogP contribution in [0.3, 0.4) is 0 Å². The van der Waals surface area contributed by atoms with E-state index in [0.717, 1.165) is 10.9 Å². The van der Waals surface area contributed by atoms with Crippen molar-refractivity contribution in [2.45, 2.75) is 18.9 Å². The Morgan fingerprint density at radius 3 is 2.85 bits per heavy atom. The number of rotatable bonds is 2. The smallest absolute Gasteiger partial charge is 0.253 e. The van der Waals surface area contributed by atoms with E-state index in [-0.39, 0.29) is 17.4 Å². The summed E-state index contributed by atoms with van der Waals surface area (Å²) in [6.45, 7) is 1.78. The molecule has 1 aromatic carbocycles. The Bertz CT molecular complexity index is 779. The van der Waals surface area contributed by atoms with Crippen molar-refractivity contribution in [1.82, 2.24) is 10.3 Å². The summed E-state index contributed by atoms with van der Waals surface area (Å²) in [5, 5.41) is 3.83. The van der Waals surface area contributed by atoms with Crippen LogP contribution in [0.4, 0.5) is 0 Å². The summed E-state index contributed by atoms with van der Waals surface area (Å²) in [6.07, 6.45) is 2.24. The third-order valence-electron chi connectivity index (χ3n) is 3.75. The van der Waals surface area contributed by atoms with Crippen molar-refractivity contribution in [2.24, 2.45) is 0 Å². The van der Waals surface area contributed by atoms with Gasteiger partial charge in [-0.15, -0.1) is 0 Å². The number of aromatic nitrogens is 1. The fourth-order valence-corrected chi connectivity index (χ4v) is 4.82. The standard InChI is InChI=1S/C14H16N2O3S/c1-14(6-8-20(18,19)9-14)16-13(17)11-4-2-3-10-5-7-15-12(10)11/h2-5,7,15H,6,8-9H2,1H3,(H,16,17). The molecule has 1 aliphatic rings. The maximum atomic E-state index is 12.4. The third-order valence-corrected chi connectivity index (χ3v) is 5.65. The summed E-state index contributed by atoms with van der Waals surface area (Å²) in [5.74, 6) is -0.0965. The number of H-pyrrole nitrogens is 1. The fourth-order valence-electron chi connectivity index (χ4n) is 2.72. The molecule has 2 heterocycles. The first-order valence-electron chi connectivity index (χ1n) is 6.48. The molecule has 2 aromatic rings. The van der Waals surface area contributed by atoms with Crippen molar-refractivity contribution in [3.8, 4) is 0 Å². The van der Waals surface area contributed by atoms with E-state index in [1.54, 1.807) is 19.2 Å². The average molecular weight is 292 g/mol. The van der Waals surface area contributed by atoms with Crippen LogP contribution in [0, 0.1) is 0 Å². The maximum absolute atomic E-state index is 12.4. The first-order chi connectivity index (χ1) is 9.39.